The summed E-state index contributed by atoms with van der Waals surface area (Å²) in [5.74, 6) is 3.30. The summed E-state index contributed by atoms with van der Waals surface area (Å²) in [7, 11) is 0. The Morgan fingerprint density at radius 3 is 2.81 bits per heavy atom. The number of carbonyl (C=O) groups excluding carboxylic acids is 1. The Kier molecular flexibility index (Phi) is 5.65. The second-order valence-electron chi connectivity index (χ2n) is 9.47. The molecule has 2 saturated carbocycles. The Morgan fingerprint density at radius 1 is 1.42 bits per heavy atom. The van der Waals surface area contributed by atoms with Crippen LogP contribution in [0.25, 0.3) is 0 Å². The predicted molar refractivity (Wildman–Crippen MR) is 106 cm³/mol. The molecule has 26 heavy (non-hydrogen) atoms. The highest BCUT2D eigenvalue weighted by Gasteiger charge is 2.54. The minimum absolute atomic E-state index is 0.0188. The first-order chi connectivity index (χ1) is 12.3. The standard InChI is InChI=1S/C23H37NO2/c1-6-7-17-12-18-13-19(24)8-9-20(18)21-10-11-23(5,14(2)22(17)21)15(3)26-16(4)25/h13-15,17,20-22,24H,6-12H2,1-5H3/t14?,15-,17+,20?,21?,22?,23?/m0/s1. The van der Waals surface area contributed by atoms with E-state index in [1.54, 1.807) is 5.57 Å². The fraction of sp³-hybridized carbons (Fsp3) is 0.826. The highest BCUT2D eigenvalue weighted by Crippen LogP contribution is 2.60. The summed E-state index contributed by atoms with van der Waals surface area (Å²) >= 11 is 0. The average Bonchev–Trinajstić information content (AvgIpc) is 2.57. The van der Waals surface area contributed by atoms with Crippen LogP contribution in [0.4, 0.5) is 0 Å². The number of hydrogen-bond acceptors (Lipinski definition) is 3. The van der Waals surface area contributed by atoms with E-state index in [1.807, 2.05) is 0 Å². The van der Waals surface area contributed by atoms with Crippen molar-refractivity contribution in [1.82, 2.24) is 0 Å². The molecule has 3 aliphatic carbocycles. The summed E-state index contributed by atoms with van der Waals surface area (Å²) in [4.78, 5) is 11.6. The van der Waals surface area contributed by atoms with Crippen molar-refractivity contribution in [1.29, 1.82) is 5.41 Å². The van der Waals surface area contributed by atoms with Crippen molar-refractivity contribution in [2.75, 3.05) is 0 Å². The molecular weight excluding hydrogens is 322 g/mol. The van der Waals surface area contributed by atoms with Crippen LogP contribution in [0.5, 0.6) is 0 Å². The molecular formula is C23H37NO2. The van der Waals surface area contributed by atoms with Gasteiger partial charge in [-0.3, -0.25) is 4.79 Å². The first-order valence-corrected chi connectivity index (χ1v) is 10.7. The van der Waals surface area contributed by atoms with Gasteiger partial charge in [-0.25, -0.2) is 0 Å². The topological polar surface area (TPSA) is 50.1 Å². The molecule has 0 aliphatic heterocycles. The molecule has 3 rings (SSSR count). The lowest BCUT2D eigenvalue weighted by Crippen LogP contribution is -2.53. The van der Waals surface area contributed by atoms with Gasteiger partial charge in [-0.05, 0) is 74.7 Å². The summed E-state index contributed by atoms with van der Waals surface area (Å²) in [6.45, 7) is 10.7. The van der Waals surface area contributed by atoms with Crippen LogP contribution in [0.3, 0.4) is 0 Å². The van der Waals surface area contributed by atoms with Gasteiger partial charge >= 0.3 is 5.97 Å². The number of carbonyl (C=O) groups is 1. The number of rotatable bonds is 4. The first kappa shape index (κ1) is 19.6. The third-order valence-corrected chi connectivity index (χ3v) is 8.18. The average molecular weight is 360 g/mol. The zero-order chi connectivity index (χ0) is 19.1. The number of fused-ring (bicyclic) bond motifs is 3. The van der Waals surface area contributed by atoms with E-state index in [0.717, 1.165) is 36.3 Å². The van der Waals surface area contributed by atoms with Crippen LogP contribution in [0.2, 0.25) is 0 Å². The van der Waals surface area contributed by atoms with Crippen molar-refractivity contribution in [3.8, 4) is 0 Å². The molecule has 0 aromatic carbocycles. The van der Waals surface area contributed by atoms with Crippen LogP contribution in [0, 0.1) is 40.4 Å². The molecule has 0 aromatic rings. The van der Waals surface area contributed by atoms with Crippen LogP contribution in [0.15, 0.2) is 11.6 Å². The fourth-order valence-electron chi connectivity index (χ4n) is 6.60. The van der Waals surface area contributed by atoms with Crippen molar-refractivity contribution in [3.05, 3.63) is 11.6 Å². The lowest BCUT2D eigenvalue weighted by molar-refractivity contribution is -0.162. The fourth-order valence-corrected chi connectivity index (χ4v) is 6.60. The van der Waals surface area contributed by atoms with E-state index in [9.17, 15) is 4.79 Å². The molecule has 0 aromatic heterocycles. The van der Waals surface area contributed by atoms with Crippen molar-refractivity contribution in [3.63, 3.8) is 0 Å². The Bertz CT molecular complexity index is 595. The van der Waals surface area contributed by atoms with Crippen molar-refractivity contribution in [2.24, 2.45) is 35.0 Å². The Balaban J connectivity index is 1.90. The zero-order valence-electron chi connectivity index (χ0n) is 17.3. The van der Waals surface area contributed by atoms with Crippen LogP contribution in [0.1, 0.15) is 79.6 Å². The molecule has 0 saturated heterocycles. The third-order valence-electron chi connectivity index (χ3n) is 8.18. The molecule has 0 heterocycles. The van der Waals surface area contributed by atoms with Gasteiger partial charge < -0.3 is 10.1 Å². The second kappa shape index (κ2) is 7.48. The van der Waals surface area contributed by atoms with E-state index < -0.39 is 0 Å². The number of ether oxygens (including phenoxy) is 1. The summed E-state index contributed by atoms with van der Waals surface area (Å²) in [5, 5.41) is 8.11. The van der Waals surface area contributed by atoms with Crippen molar-refractivity contribution in [2.45, 2.75) is 85.7 Å². The van der Waals surface area contributed by atoms with E-state index >= 15 is 0 Å². The van der Waals surface area contributed by atoms with E-state index in [1.165, 1.54) is 39.0 Å². The summed E-state index contributed by atoms with van der Waals surface area (Å²) < 4.78 is 5.68. The second-order valence-corrected chi connectivity index (χ2v) is 9.47. The van der Waals surface area contributed by atoms with Gasteiger partial charge in [0.15, 0.2) is 0 Å². The van der Waals surface area contributed by atoms with Crippen LogP contribution < -0.4 is 0 Å². The van der Waals surface area contributed by atoms with Gasteiger partial charge in [-0.1, -0.05) is 39.2 Å². The quantitative estimate of drug-likeness (QED) is 0.647. The minimum atomic E-state index is -0.155. The summed E-state index contributed by atoms with van der Waals surface area (Å²) in [6.07, 6.45) is 10.4. The largest absolute Gasteiger partial charge is 0.462 e. The molecule has 3 heteroatoms. The highest BCUT2D eigenvalue weighted by atomic mass is 16.5. The van der Waals surface area contributed by atoms with Gasteiger partial charge in [-0.2, -0.15) is 0 Å². The summed E-state index contributed by atoms with van der Waals surface area (Å²) in [5.41, 5.74) is 2.48. The maximum absolute atomic E-state index is 11.6. The molecule has 0 bridgehead atoms. The molecule has 146 valence electrons. The lowest BCUT2D eigenvalue weighted by Gasteiger charge is -2.58. The van der Waals surface area contributed by atoms with Gasteiger partial charge in [0, 0.05) is 18.1 Å². The number of esters is 1. The van der Waals surface area contributed by atoms with Gasteiger partial charge in [0.05, 0.1) is 0 Å². The number of hydrogen-bond donors (Lipinski definition) is 1. The van der Waals surface area contributed by atoms with Gasteiger partial charge in [0.25, 0.3) is 0 Å². The van der Waals surface area contributed by atoms with Crippen LogP contribution >= 0.6 is 0 Å². The maximum Gasteiger partial charge on any atom is 0.302 e. The van der Waals surface area contributed by atoms with E-state index in [-0.39, 0.29) is 17.5 Å². The molecule has 0 spiro atoms. The SMILES string of the molecule is CCC[C@@H]1CC2=CC(=N)CCC2C2CCC(C)([C@H](C)OC(C)=O)C(C)C21. The van der Waals surface area contributed by atoms with E-state index in [4.69, 9.17) is 10.1 Å². The van der Waals surface area contributed by atoms with Crippen LogP contribution in [-0.2, 0) is 9.53 Å². The summed E-state index contributed by atoms with van der Waals surface area (Å²) in [6, 6.07) is 0. The Morgan fingerprint density at radius 2 is 2.15 bits per heavy atom. The van der Waals surface area contributed by atoms with Crippen molar-refractivity contribution < 1.29 is 9.53 Å². The Labute approximate surface area is 159 Å². The maximum atomic E-state index is 11.6. The monoisotopic (exact) mass is 359 g/mol. The van der Waals surface area contributed by atoms with Gasteiger partial charge in [0.2, 0.25) is 0 Å². The molecule has 0 amide bonds. The molecule has 2 fully saturated rings. The molecule has 5 unspecified atom stereocenters. The van der Waals surface area contributed by atoms with Gasteiger partial charge in [-0.15, -0.1) is 0 Å². The molecule has 7 atom stereocenters. The van der Waals surface area contributed by atoms with E-state index in [2.05, 4.69) is 33.8 Å². The zero-order valence-corrected chi connectivity index (χ0v) is 17.3. The molecule has 0 radical (unpaired) electrons. The normalized spacial score (nSPS) is 40.9. The molecule has 3 nitrogen and oxygen atoms in total. The minimum Gasteiger partial charge on any atom is -0.462 e. The Hall–Kier alpha value is -1.12. The number of nitrogens with one attached hydrogen (secondary N) is 1. The molecule has 1 N–H and O–H groups in total. The highest BCUT2D eigenvalue weighted by molar-refractivity contribution is 5.93. The number of allylic oxidation sites excluding steroid dienone is 2. The van der Waals surface area contributed by atoms with Crippen LogP contribution in [-0.4, -0.2) is 17.8 Å². The molecule has 3 aliphatic rings. The van der Waals surface area contributed by atoms with Crippen molar-refractivity contribution >= 4 is 11.7 Å². The predicted octanol–water partition coefficient (Wildman–Crippen LogP) is 5.78. The smallest absolute Gasteiger partial charge is 0.302 e. The van der Waals surface area contributed by atoms with E-state index in [0.29, 0.717) is 11.8 Å². The lowest BCUT2D eigenvalue weighted by atomic mass is 9.48. The third kappa shape index (κ3) is 3.39. The van der Waals surface area contributed by atoms with Gasteiger partial charge in [0.1, 0.15) is 6.10 Å². The first-order valence-electron chi connectivity index (χ1n) is 10.7.